The maximum atomic E-state index is 12.4. The summed E-state index contributed by atoms with van der Waals surface area (Å²) in [6, 6.07) is 14.0. The highest BCUT2D eigenvalue weighted by Crippen LogP contribution is 2.25. The Kier molecular flexibility index (Phi) is 4.85. The van der Waals surface area contributed by atoms with E-state index in [-0.39, 0.29) is 4.90 Å². The Balaban J connectivity index is 2.28. The van der Waals surface area contributed by atoms with Gasteiger partial charge in [0.1, 0.15) is 0 Å². The number of carboxylic acids is 1. The Bertz CT molecular complexity index is 786. The van der Waals surface area contributed by atoms with Crippen LogP contribution >= 0.6 is 11.8 Å². The van der Waals surface area contributed by atoms with Gasteiger partial charge in [0.2, 0.25) is 0 Å². The standard InChI is InChI=1S/C15H12ClNO4S/c16-17(13-4-2-1-3-5-13)22(20,21)14-9-6-12(7-10-14)8-11-15(18)19/h1-11H,(H,18,19). The summed E-state index contributed by atoms with van der Waals surface area (Å²) in [5, 5.41) is 8.55. The molecule has 0 aliphatic heterocycles. The van der Waals surface area contributed by atoms with Gasteiger partial charge in [-0.05, 0) is 35.9 Å². The Morgan fingerprint density at radius 1 is 1.05 bits per heavy atom. The lowest BCUT2D eigenvalue weighted by Crippen LogP contribution is -2.21. The number of carbonyl (C=O) groups is 1. The van der Waals surface area contributed by atoms with Crippen LogP contribution in [0.1, 0.15) is 5.56 Å². The molecule has 2 rings (SSSR count). The highest BCUT2D eigenvalue weighted by Gasteiger charge is 2.23. The van der Waals surface area contributed by atoms with Crippen molar-refractivity contribution < 1.29 is 18.3 Å². The fraction of sp³-hybridized carbons (Fsp3) is 0. The molecule has 0 aliphatic rings. The molecule has 22 heavy (non-hydrogen) atoms. The van der Waals surface area contributed by atoms with Gasteiger partial charge in [-0.15, -0.1) is 0 Å². The quantitative estimate of drug-likeness (QED) is 0.672. The van der Waals surface area contributed by atoms with Crippen molar-refractivity contribution in [1.29, 1.82) is 0 Å². The van der Waals surface area contributed by atoms with Crippen LogP contribution in [0.25, 0.3) is 6.08 Å². The molecule has 2 aromatic carbocycles. The summed E-state index contributed by atoms with van der Waals surface area (Å²) in [6.45, 7) is 0. The molecule has 1 N–H and O–H groups in total. The lowest BCUT2D eigenvalue weighted by Gasteiger charge is -2.16. The van der Waals surface area contributed by atoms with E-state index in [1.807, 2.05) is 0 Å². The molecule has 7 heteroatoms. The van der Waals surface area contributed by atoms with Crippen LogP contribution in [0.15, 0.2) is 65.6 Å². The van der Waals surface area contributed by atoms with Gasteiger partial charge in [-0.25, -0.2) is 4.79 Å². The van der Waals surface area contributed by atoms with Gasteiger partial charge in [0.05, 0.1) is 10.6 Å². The Morgan fingerprint density at radius 2 is 1.64 bits per heavy atom. The number of rotatable bonds is 5. The second-order valence-electron chi connectivity index (χ2n) is 4.30. The molecule has 5 nitrogen and oxygen atoms in total. The molecule has 0 atom stereocenters. The Labute approximate surface area is 133 Å². The number of sulfonamides is 1. The van der Waals surface area contributed by atoms with Gasteiger partial charge < -0.3 is 5.11 Å². The van der Waals surface area contributed by atoms with Crippen LogP contribution < -0.4 is 3.82 Å². The van der Waals surface area contributed by atoms with Crippen molar-refractivity contribution in [1.82, 2.24) is 0 Å². The zero-order chi connectivity index (χ0) is 16.2. The van der Waals surface area contributed by atoms with E-state index in [9.17, 15) is 13.2 Å². The molecule has 0 unspecified atom stereocenters. The molecule has 0 heterocycles. The zero-order valence-electron chi connectivity index (χ0n) is 11.3. The van der Waals surface area contributed by atoms with Crippen molar-refractivity contribution in [3.8, 4) is 0 Å². The van der Waals surface area contributed by atoms with Crippen LogP contribution in [0.4, 0.5) is 5.69 Å². The minimum absolute atomic E-state index is 0.0128. The van der Waals surface area contributed by atoms with Crippen molar-refractivity contribution in [3.63, 3.8) is 0 Å². The summed E-state index contributed by atoms with van der Waals surface area (Å²) in [4.78, 5) is 10.5. The molecule has 0 amide bonds. The van der Waals surface area contributed by atoms with Crippen LogP contribution in [0, 0.1) is 0 Å². The molecule has 0 saturated heterocycles. The minimum atomic E-state index is -3.88. The third kappa shape index (κ3) is 3.66. The zero-order valence-corrected chi connectivity index (χ0v) is 12.8. The summed E-state index contributed by atoms with van der Waals surface area (Å²) < 4.78 is 25.5. The van der Waals surface area contributed by atoms with E-state index in [2.05, 4.69) is 0 Å². The monoisotopic (exact) mass is 337 g/mol. The second kappa shape index (κ2) is 6.64. The smallest absolute Gasteiger partial charge is 0.328 e. The molecule has 0 aliphatic carbocycles. The van der Waals surface area contributed by atoms with Crippen LogP contribution in [0.5, 0.6) is 0 Å². The number of benzene rings is 2. The molecule has 0 bridgehead atoms. The molecule has 0 spiro atoms. The largest absolute Gasteiger partial charge is 0.478 e. The van der Waals surface area contributed by atoms with E-state index >= 15 is 0 Å². The number of anilines is 1. The van der Waals surface area contributed by atoms with Crippen molar-refractivity contribution in [3.05, 3.63) is 66.2 Å². The first-order chi connectivity index (χ1) is 10.4. The lowest BCUT2D eigenvalue weighted by atomic mass is 10.2. The van der Waals surface area contributed by atoms with E-state index in [1.54, 1.807) is 30.3 Å². The number of hydrogen-bond acceptors (Lipinski definition) is 3. The van der Waals surface area contributed by atoms with Crippen molar-refractivity contribution in [2.24, 2.45) is 0 Å². The molecule has 0 saturated carbocycles. The summed E-state index contributed by atoms with van der Waals surface area (Å²) in [5.41, 5.74) is 0.904. The predicted octanol–water partition coefficient (Wildman–Crippen LogP) is 3.13. The normalized spacial score (nSPS) is 11.5. The average molecular weight is 338 g/mol. The number of halogens is 1. The molecule has 114 valence electrons. The van der Waals surface area contributed by atoms with E-state index in [0.717, 1.165) is 6.08 Å². The first kappa shape index (κ1) is 16.1. The lowest BCUT2D eigenvalue weighted by molar-refractivity contribution is -0.131. The van der Waals surface area contributed by atoms with Gasteiger partial charge in [0.25, 0.3) is 10.0 Å². The fourth-order valence-corrected chi connectivity index (χ4v) is 3.11. The highest BCUT2D eigenvalue weighted by atomic mass is 35.5. The van der Waals surface area contributed by atoms with Crippen molar-refractivity contribution >= 4 is 39.5 Å². The number of carboxylic acid groups (broad SMARTS) is 1. The predicted molar refractivity (Wildman–Crippen MR) is 85.1 cm³/mol. The molecular formula is C15H12ClNO4S. The van der Waals surface area contributed by atoms with E-state index < -0.39 is 16.0 Å². The number of aliphatic carboxylic acids is 1. The summed E-state index contributed by atoms with van der Waals surface area (Å²) in [7, 11) is -3.88. The fourth-order valence-electron chi connectivity index (χ4n) is 1.69. The molecule has 2 aromatic rings. The molecule has 0 radical (unpaired) electrons. The first-order valence-electron chi connectivity index (χ1n) is 6.18. The summed E-state index contributed by atoms with van der Waals surface area (Å²) >= 11 is 5.93. The van der Waals surface area contributed by atoms with Crippen LogP contribution in [-0.4, -0.2) is 19.5 Å². The minimum Gasteiger partial charge on any atom is -0.478 e. The van der Waals surface area contributed by atoms with E-state index in [1.165, 1.54) is 30.3 Å². The van der Waals surface area contributed by atoms with Crippen LogP contribution in [0.3, 0.4) is 0 Å². The van der Waals surface area contributed by atoms with Gasteiger partial charge in [-0.3, -0.25) is 0 Å². The van der Waals surface area contributed by atoms with Gasteiger partial charge in [-0.2, -0.15) is 12.2 Å². The third-order valence-corrected chi connectivity index (χ3v) is 5.01. The van der Waals surface area contributed by atoms with Crippen molar-refractivity contribution in [2.75, 3.05) is 3.82 Å². The number of hydrogen-bond donors (Lipinski definition) is 1. The van der Waals surface area contributed by atoms with Gasteiger partial charge in [0, 0.05) is 17.9 Å². The molecular weight excluding hydrogens is 326 g/mol. The second-order valence-corrected chi connectivity index (χ2v) is 6.62. The SMILES string of the molecule is O=C(O)C=Cc1ccc(S(=O)(=O)N(Cl)c2ccccc2)cc1. The van der Waals surface area contributed by atoms with Crippen molar-refractivity contribution in [2.45, 2.75) is 4.90 Å². The summed E-state index contributed by atoms with van der Waals surface area (Å²) in [5.74, 6) is -1.08. The highest BCUT2D eigenvalue weighted by molar-refractivity contribution is 7.94. The Morgan fingerprint density at radius 3 is 2.18 bits per heavy atom. The van der Waals surface area contributed by atoms with E-state index in [4.69, 9.17) is 16.9 Å². The number of nitrogens with zero attached hydrogens (tertiary/aromatic N) is 1. The molecule has 0 fully saturated rings. The maximum absolute atomic E-state index is 12.4. The Hall–Kier alpha value is -2.31. The van der Waals surface area contributed by atoms with Gasteiger partial charge >= 0.3 is 5.97 Å². The topological polar surface area (TPSA) is 74.7 Å². The van der Waals surface area contributed by atoms with Gasteiger partial charge in [0.15, 0.2) is 0 Å². The van der Waals surface area contributed by atoms with Crippen LogP contribution in [-0.2, 0) is 14.8 Å². The van der Waals surface area contributed by atoms with Gasteiger partial charge in [-0.1, -0.05) is 30.3 Å². The maximum Gasteiger partial charge on any atom is 0.328 e. The number of para-hydroxylation sites is 1. The van der Waals surface area contributed by atoms with Crippen LogP contribution in [0.2, 0.25) is 0 Å². The third-order valence-electron chi connectivity index (χ3n) is 2.77. The summed E-state index contributed by atoms with van der Waals surface area (Å²) in [6.07, 6.45) is 2.34. The first-order valence-corrected chi connectivity index (χ1v) is 7.96. The average Bonchev–Trinajstić information content (AvgIpc) is 2.53. The molecule has 0 aromatic heterocycles. The van der Waals surface area contributed by atoms with E-state index in [0.29, 0.717) is 15.1 Å².